The second-order valence-electron chi connectivity index (χ2n) is 4.28. The number of non-ortho nitro benzene ring substituents is 1. The quantitative estimate of drug-likeness (QED) is 0.618. The summed E-state index contributed by atoms with van der Waals surface area (Å²) in [6, 6.07) is 5.16. The van der Waals surface area contributed by atoms with Gasteiger partial charge in [0.1, 0.15) is 0 Å². The number of benzene rings is 1. The molecule has 0 unspecified atom stereocenters. The third-order valence-electron chi connectivity index (χ3n) is 2.74. The van der Waals surface area contributed by atoms with Crippen molar-refractivity contribution in [2.75, 3.05) is 18.1 Å². The van der Waals surface area contributed by atoms with Gasteiger partial charge in [0.15, 0.2) is 0 Å². The Morgan fingerprint density at radius 2 is 2.00 bits per heavy atom. The Morgan fingerprint density at radius 3 is 2.50 bits per heavy atom. The number of nitrogens with zero attached hydrogens (tertiary/aromatic N) is 1. The smallest absolute Gasteiger partial charge is 0.319 e. The van der Waals surface area contributed by atoms with Gasteiger partial charge in [-0.3, -0.25) is 14.3 Å². The molecule has 0 fully saturated rings. The lowest BCUT2D eigenvalue weighted by atomic mass is 10.3. The van der Waals surface area contributed by atoms with Crippen LogP contribution in [0.25, 0.3) is 0 Å². The lowest BCUT2D eigenvalue weighted by Gasteiger charge is -2.10. The Morgan fingerprint density at radius 1 is 1.40 bits per heavy atom. The van der Waals surface area contributed by atoms with Gasteiger partial charge < -0.3 is 10.6 Å². The van der Waals surface area contributed by atoms with E-state index >= 15 is 0 Å². The number of nitro groups is 1. The number of carbonyl (C=O) groups excluding carboxylic acids is 1. The van der Waals surface area contributed by atoms with E-state index in [-0.39, 0.29) is 10.9 Å². The van der Waals surface area contributed by atoms with Crippen molar-refractivity contribution in [3.05, 3.63) is 34.4 Å². The molecule has 0 aliphatic carbocycles. The van der Waals surface area contributed by atoms with Gasteiger partial charge in [0.2, 0.25) is 0 Å². The largest absolute Gasteiger partial charge is 0.338 e. The monoisotopic (exact) mass is 299 g/mol. The van der Waals surface area contributed by atoms with Crippen LogP contribution in [0.1, 0.15) is 13.3 Å². The number of anilines is 1. The number of nitrogens with one attached hydrogen (secondary N) is 2. The number of urea groups is 1. The van der Waals surface area contributed by atoms with Crippen molar-refractivity contribution in [2.45, 2.75) is 18.6 Å². The molecule has 2 amide bonds. The zero-order valence-corrected chi connectivity index (χ0v) is 12.1. The zero-order valence-electron chi connectivity index (χ0n) is 11.3. The van der Waals surface area contributed by atoms with E-state index in [9.17, 15) is 19.1 Å². The Hall–Kier alpha value is -1.96. The topological polar surface area (TPSA) is 101 Å². The maximum absolute atomic E-state index is 11.6. The minimum absolute atomic E-state index is 0.0228. The predicted octanol–water partition coefficient (Wildman–Crippen LogP) is 1.87. The first-order valence-electron chi connectivity index (χ1n) is 6.01. The molecule has 2 N–H and O–H groups in total. The summed E-state index contributed by atoms with van der Waals surface area (Å²) >= 11 is 0. The SMILES string of the molecule is C[C@H](CCNC(=O)Nc1ccc([N+](=O)[O-])cc1)[S@@](C)=O. The molecule has 7 nitrogen and oxygen atoms in total. The molecule has 1 aromatic carbocycles. The molecule has 0 heterocycles. The van der Waals surface area contributed by atoms with Gasteiger partial charge in [-0.15, -0.1) is 0 Å². The van der Waals surface area contributed by atoms with Gasteiger partial charge in [-0.25, -0.2) is 4.79 Å². The highest BCUT2D eigenvalue weighted by atomic mass is 32.2. The highest BCUT2D eigenvalue weighted by molar-refractivity contribution is 7.84. The van der Waals surface area contributed by atoms with E-state index in [0.29, 0.717) is 18.7 Å². The molecule has 0 aliphatic rings. The van der Waals surface area contributed by atoms with Crippen molar-refractivity contribution in [2.24, 2.45) is 0 Å². The van der Waals surface area contributed by atoms with E-state index in [1.807, 2.05) is 6.92 Å². The standard InChI is InChI=1S/C12H17N3O4S/c1-9(20(2)19)7-8-13-12(16)14-10-3-5-11(6-4-10)15(17)18/h3-6,9H,7-8H2,1-2H3,(H2,13,14,16)/t9-,20-/m1/s1. The number of amides is 2. The molecular formula is C12H17N3O4S. The fraction of sp³-hybridized carbons (Fsp3) is 0.417. The van der Waals surface area contributed by atoms with E-state index < -0.39 is 21.8 Å². The highest BCUT2D eigenvalue weighted by Gasteiger charge is 2.08. The van der Waals surface area contributed by atoms with Crippen LogP contribution in [0.3, 0.4) is 0 Å². The van der Waals surface area contributed by atoms with Crippen molar-refractivity contribution in [1.82, 2.24) is 5.32 Å². The number of nitro benzene ring substituents is 1. The molecule has 1 rings (SSSR count). The summed E-state index contributed by atoms with van der Waals surface area (Å²) in [6.45, 7) is 2.27. The minimum atomic E-state index is -0.906. The van der Waals surface area contributed by atoms with Crippen LogP contribution in [0.15, 0.2) is 24.3 Å². The Kier molecular flexibility index (Phi) is 6.10. The Balaban J connectivity index is 2.39. The van der Waals surface area contributed by atoms with Crippen LogP contribution in [0, 0.1) is 10.1 Å². The second kappa shape index (κ2) is 7.59. The van der Waals surface area contributed by atoms with Crippen molar-refractivity contribution >= 4 is 28.2 Å². The number of hydrogen-bond acceptors (Lipinski definition) is 4. The normalized spacial score (nSPS) is 13.3. The number of hydrogen-bond donors (Lipinski definition) is 2. The zero-order chi connectivity index (χ0) is 15.1. The first-order chi connectivity index (χ1) is 9.40. The Labute approximate surface area is 119 Å². The molecular weight excluding hydrogens is 282 g/mol. The number of rotatable bonds is 6. The van der Waals surface area contributed by atoms with Gasteiger partial charge in [-0.2, -0.15) is 0 Å². The lowest BCUT2D eigenvalue weighted by molar-refractivity contribution is -0.384. The van der Waals surface area contributed by atoms with E-state index in [1.54, 1.807) is 6.26 Å². The molecule has 0 saturated heterocycles. The highest BCUT2D eigenvalue weighted by Crippen LogP contribution is 2.15. The molecule has 0 saturated carbocycles. The van der Waals surface area contributed by atoms with Gasteiger partial charge >= 0.3 is 6.03 Å². The van der Waals surface area contributed by atoms with Crippen LogP contribution in [0.2, 0.25) is 0 Å². The summed E-state index contributed by atoms with van der Waals surface area (Å²) in [6.07, 6.45) is 2.25. The van der Waals surface area contributed by atoms with Crippen LogP contribution in [0.4, 0.5) is 16.2 Å². The first-order valence-corrected chi connectivity index (χ1v) is 7.64. The molecule has 1 aromatic rings. The molecule has 8 heteroatoms. The summed E-state index contributed by atoms with van der Waals surface area (Å²) in [7, 11) is -0.906. The molecule has 110 valence electrons. The molecule has 0 aromatic heterocycles. The van der Waals surface area contributed by atoms with Crippen LogP contribution in [-0.2, 0) is 10.8 Å². The molecule has 20 heavy (non-hydrogen) atoms. The maximum atomic E-state index is 11.6. The van der Waals surface area contributed by atoms with Crippen molar-refractivity contribution < 1.29 is 13.9 Å². The molecule has 0 aliphatic heterocycles. The van der Waals surface area contributed by atoms with E-state index in [0.717, 1.165) is 0 Å². The van der Waals surface area contributed by atoms with E-state index in [4.69, 9.17) is 0 Å². The Bertz CT molecular complexity index is 504. The molecule has 0 bridgehead atoms. The molecule has 0 spiro atoms. The third kappa shape index (κ3) is 5.35. The van der Waals surface area contributed by atoms with Gasteiger partial charge in [-0.05, 0) is 18.6 Å². The van der Waals surface area contributed by atoms with Crippen molar-refractivity contribution in [1.29, 1.82) is 0 Å². The fourth-order valence-corrected chi connectivity index (χ4v) is 1.85. The van der Waals surface area contributed by atoms with Gasteiger partial charge in [0.25, 0.3) is 5.69 Å². The van der Waals surface area contributed by atoms with Crippen LogP contribution in [-0.4, -0.2) is 33.2 Å². The van der Waals surface area contributed by atoms with Gasteiger partial charge in [0, 0.05) is 46.7 Å². The lowest BCUT2D eigenvalue weighted by Crippen LogP contribution is -2.31. The van der Waals surface area contributed by atoms with Crippen molar-refractivity contribution in [3.8, 4) is 0 Å². The molecule has 0 radical (unpaired) electrons. The average Bonchev–Trinajstić information content (AvgIpc) is 2.39. The van der Waals surface area contributed by atoms with Gasteiger partial charge in [0.05, 0.1) is 4.92 Å². The molecule has 2 atom stereocenters. The van der Waals surface area contributed by atoms with Crippen molar-refractivity contribution in [3.63, 3.8) is 0 Å². The minimum Gasteiger partial charge on any atom is -0.338 e. The average molecular weight is 299 g/mol. The second-order valence-corrected chi connectivity index (χ2v) is 6.08. The van der Waals surface area contributed by atoms with Crippen LogP contribution >= 0.6 is 0 Å². The third-order valence-corrected chi connectivity index (χ3v) is 4.11. The summed E-state index contributed by atoms with van der Waals surface area (Å²) in [4.78, 5) is 21.5. The maximum Gasteiger partial charge on any atom is 0.319 e. The van der Waals surface area contributed by atoms with Crippen LogP contribution in [0.5, 0.6) is 0 Å². The first kappa shape index (κ1) is 16.1. The summed E-state index contributed by atoms with van der Waals surface area (Å²) in [5, 5.41) is 15.7. The van der Waals surface area contributed by atoms with E-state index in [2.05, 4.69) is 10.6 Å². The van der Waals surface area contributed by atoms with Gasteiger partial charge in [-0.1, -0.05) is 6.92 Å². The summed E-state index contributed by atoms with van der Waals surface area (Å²) in [5.74, 6) is 0. The van der Waals surface area contributed by atoms with Crippen LogP contribution < -0.4 is 10.6 Å². The van der Waals surface area contributed by atoms with E-state index in [1.165, 1.54) is 24.3 Å². The summed E-state index contributed by atoms with van der Waals surface area (Å²) in [5.41, 5.74) is 0.440. The number of carbonyl (C=O) groups is 1. The fourth-order valence-electron chi connectivity index (χ4n) is 1.40. The summed E-state index contributed by atoms with van der Waals surface area (Å²) < 4.78 is 11.1. The predicted molar refractivity (Wildman–Crippen MR) is 78.3 cm³/mol.